The molecule has 0 fully saturated rings. The fourth-order valence-corrected chi connectivity index (χ4v) is 7.60. The summed E-state index contributed by atoms with van der Waals surface area (Å²) in [6.07, 6.45) is 11.5. The van der Waals surface area contributed by atoms with Crippen molar-refractivity contribution in [1.29, 1.82) is 0 Å². The number of nitrogens with zero attached hydrogens (tertiary/aromatic N) is 2. The molecule has 7 heteroatoms. The molecule has 33 heavy (non-hydrogen) atoms. The third-order valence-electron chi connectivity index (χ3n) is 6.08. The molecule has 0 aliphatic rings. The van der Waals surface area contributed by atoms with Gasteiger partial charge in [0.15, 0.2) is 0 Å². The van der Waals surface area contributed by atoms with Crippen molar-refractivity contribution in [1.82, 2.24) is 8.75 Å². The van der Waals surface area contributed by atoms with E-state index in [2.05, 4.69) is 57.8 Å². The van der Waals surface area contributed by atoms with Crippen molar-refractivity contribution in [3.63, 3.8) is 0 Å². The first-order valence-electron chi connectivity index (χ1n) is 12.8. The first kappa shape index (κ1) is 22.8. The second-order valence-corrected chi connectivity index (χ2v) is 13.2. The normalized spacial score (nSPS) is 12.5. The number of fused-ring (bicyclic) bond motifs is 1. The number of halogens is 2. The van der Waals surface area contributed by atoms with Gasteiger partial charge in [-0.15, -0.1) is 22.7 Å². The quantitative estimate of drug-likeness (QED) is 0.146. The monoisotopic (exact) mass is 626 g/mol. The summed E-state index contributed by atoms with van der Waals surface area (Å²) >= 11 is 11.7. The predicted octanol–water partition coefficient (Wildman–Crippen LogP) is 10.9. The molecule has 0 saturated carbocycles. The van der Waals surface area contributed by atoms with Crippen LogP contribution >= 0.6 is 66.3 Å². The summed E-state index contributed by atoms with van der Waals surface area (Å²) in [5, 5.41) is 1.14. The maximum atomic E-state index is 8.72. The highest BCUT2D eigenvalue weighted by molar-refractivity contribution is 9.11. The largest absolute Gasteiger partial charge is 0.172 e. The molecule has 3 heterocycles. The Hall–Kier alpha value is -0.600. The molecule has 0 bridgehead atoms. The lowest BCUT2D eigenvalue weighted by Crippen LogP contribution is -1.92. The van der Waals surface area contributed by atoms with Crippen LogP contribution in [-0.2, 0) is 12.8 Å². The molecule has 0 unspecified atom stereocenters. The minimum Gasteiger partial charge on any atom is -0.172 e. The van der Waals surface area contributed by atoms with E-state index in [0.717, 1.165) is 66.5 Å². The Morgan fingerprint density at radius 2 is 1.15 bits per heavy atom. The zero-order valence-electron chi connectivity index (χ0n) is 21.1. The third-order valence-corrected chi connectivity index (χ3v) is 10.00. The van der Waals surface area contributed by atoms with Gasteiger partial charge in [0.2, 0.25) is 0 Å². The molecule has 4 rings (SSSR count). The van der Waals surface area contributed by atoms with Crippen molar-refractivity contribution in [2.24, 2.45) is 0 Å². The van der Waals surface area contributed by atoms with Gasteiger partial charge < -0.3 is 0 Å². The van der Waals surface area contributed by atoms with E-state index < -0.39 is 0 Å². The van der Waals surface area contributed by atoms with Crippen molar-refractivity contribution in [2.45, 2.75) is 78.1 Å². The number of hydrogen-bond donors (Lipinski definition) is 0. The summed E-state index contributed by atoms with van der Waals surface area (Å²) in [7, 11) is 0. The van der Waals surface area contributed by atoms with Gasteiger partial charge in [-0.1, -0.05) is 64.5 Å². The molecule has 0 radical (unpaired) electrons. The van der Waals surface area contributed by atoms with Gasteiger partial charge >= 0.3 is 0 Å². The molecular weight excluding hydrogens is 596 g/mol. The van der Waals surface area contributed by atoms with Crippen LogP contribution in [-0.4, -0.2) is 8.75 Å². The van der Waals surface area contributed by atoms with E-state index in [1.807, 2.05) is 0 Å². The van der Waals surface area contributed by atoms with Gasteiger partial charge in [-0.05, 0) is 79.8 Å². The van der Waals surface area contributed by atoms with E-state index in [4.69, 9.17) is 11.5 Å². The lowest BCUT2D eigenvalue weighted by molar-refractivity contribution is 0.667. The van der Waals surface area contributed by atoms with Crippen LogP contribution in [0.3, 0.4) is 0 Å². The van der Waals surface area contributed by atoms with Gasteiger partial charge in [0.1, 0.15) is 11.0 Å². The first-order valence-corrected chi connectivity index (χ1v) is 15.7. The molecule has 176 valence electrons. The number of hydrogen-bond acceptors (Lipinski definition) is 5. The highest BCUT2D eigenvalue weighted by atomic mass is 79.9. The molecule has 0 spiro atoms. The molecule has 0 aliphatic heterocycles. The van der Waals surface area contributed by atoms with Gasteiger partial charge in [0.05, 0.1) is 22.0 Å². The number of benzene rings is 1. The minimum atomic E-state index is 0.570. The Balaban J connectivity index is 1.76. The van der Waals surface area contributed by atoms with Crippen molar-refractivity contribution in [3.05, 3.63) is 41.5 Å². The number of aromatic nitrogens is 2. The van der Waals surface area contributed by atoms with E-state index in [9.17, 15) is 0 Å². The molecule has 0 atom stereocenters. The summed E-state index contributed by atoms with van der Waals surface area (Å²) in [4.78, 5) is 0. The predicted molar refractivity (Wildman–Crippen MR) is 155 cm³/mol. The van der Waals surface area contributed by atoms with E-state index in [1.54, 1.807) is 0 Å². The Morgan fingerprint density at radius 1 is 0.697 bits per heavy atom. The topological polar surface area (TPSA) is 25.8 Å². The average molecular weight is 629 g/mol. The van der Waals surface area contributed by atoms with Crippen LogP contribution in [0.25, 0.3) is 33.3 Å². The van der Waals surface area contributed by atoms with Crippen LogP contribution < -0.4 is 0 Å². The third kappa shape index (κ3) is 5.80. The second-order valence-electron chi connectivity index (χ2n) is 8.41. The molecule has 0 aliphatic carbocycles. The Labute approximate surface area is 229 Å². The molecule has 2 nitrogen and oxygen atoms in total. The zero-order valence-corrected chi connectivity index (χ0v) is 24.7. The van der Waals surface area contributed by atoms with Crippen molar-refractivity contribution < 1.29 is 2.74 Å². The molecule has 1 aromatic carbocycles. The molecule has 4 aromatic rings. The lowest BCUT2D eigenvalue weighted by Gasteiger charge is -2.10. The van der Waals surface area contributed by atoms with E-state index >= 15 is 0 Å². The van der Waals surface area contributed by atoms with Crippen LogP contribution in [0.2, 0.25) is 0 Å². The smallest absolute Gasteiger partial charge is 0.113 e. The van der Waals surface area contributed by atoms with E-state index in [0.29, 0.717) is 10.7 Å². The van der Waals surface area contributed by atoms with Gasteiger partial charge in [-0.2, -0.15) is 8.75 Å². The van der Waals surface area contributed by atoms with E-state index in [1.165, 1.54) is 84.1 Å². The summed E-state index contributed by atoms with van der Waals surface area (Å²) in [5.41, 5.74) is 8.07. The van der Waals surface area contributed by atoms with Crippen LogP contribution in [0.1, 0.15) is 79.1 Å². The molecule has 0 saturated heterocycles. The first-order chi connectivity index (χ1) is 17.0. The highest BCUT2D eigenvalue weighted by Gasteiger charge is 2.20. The second kappa shape index (κ2) is 12.4. The summed E-state index contributed by atoms with van der Waals surface area (Å²) in [6, 6.07) is 4.21. The summed E-state index contributed by atoms with van der Waals surface area (Å²) < 4.78 is 29.0. The molecular formula is C26H30Br2N2S3. The maximum absolute atomic E-state index is 8.72. The number of rotatable bonds is 12. The van der Waals surface area contributed by atoms with Gasteiger partial charge in [0.25, 0.3) is 0 Å². The minimum absolute atomic E-state index is 0.570. The van der Waals surface area contributed by atoms with Crippen LogP contribution in [0.5, 0.6) is 0 Å². The van der Waals surface area contributed by atoms with Crippen molar-refractivity contribution >= 4 is 77.3 Å². The molecule has 0 amide bonds. The molecule has 3 aromatic heterocycles. The molecule has 0 N–H and O–H groups in total. The number of unbranched alkanes of at least 4 members (excludes halogenated alkanes) is 6. The van der Waals surface area contributed by atoms with E-state index in [-0.39, 0.29) is 0 Å². The Morgan fingerprint density at radius 3 is 1.58 bits per heavy atom. The zero-order chi connectivity index (χ0) is 24.9. The Kier molecular flexibility index (Phi) is 8.57. The lowest BCUT2D eigenvalue weighted by atomic mass is 9.94. The SMILES string of the molecule is [2H]c1sc(Br)c(CCCCCC)c1-c1ccc(-c2c([2H])sc(Br)c2CCCCCC)c2nsnc12. The van der Waals surface area contributed by atoms with Gasteiger partial charge in [-0.25, -0.2) is 0 Å². The maximum Gasteiger partial charge on any atom is 0.113 e. The average Bonchev–Trinajstić information content (AvgIpc) is 3.50. The highest BCUT2D eigenvalue weighted by Crippen LogP contribution is 2.43. The fourth-order valence-electron chi connectivity index (χ4n) is 4.24. The van der Waals surface area contributed by atoms with Crippen molar-refractivity contribution in [3.8, 4) is 22.3 Å². The van der Waals surface area contributed by atoms with Crippen LogP contribution in [0, 0.1) is 0 Å². The summed E-state index contributed by atoms with van der Waals surface area (Å²) in [6.45, 7) is 4.46. The van der Waals surface area contributed by atoms with Gasteiger partial charge in [-0.3, -0.25) is 0 Å². The standard InChI is InChI=1S/C26H30Br2N2S3/c1-3-5-7-9-11-19-21(15-31-25(19)27)17-13-14-18(24-23(17)29-33-30-24)22-16-32-26(28)20(22)12-10-8-6-4-2/h13-16H,3-12H2,1-2H3/i15D,16D. The Bertz CT molecular complexity index is 1200. The van der Waals surface area contributed by atoms with Crippen LogP contribution in [0.4, 0.5) is 0 Å². The number of thiophene rings is 2. The van der Waals surface area contributed by atoms with Crippen molar-refractivity contribution in [2.75, 3.05) is 0 Å². The van der Waals surface area contributed by atoms with Gasteiger partial charge in [0, 0.05) is 21.8 Å². The van der Waals surface area contributed by atoms with Crippen LogP contribution in [0.15, 0.2) is 30.4 Å². The summed E-state index contributed by atoms with van der Waals surface area (Å²) in [5.74, 6) is 0. The fraction of sp³-hybridized carbons (Fsp3) is 0.462.